The molecular weight excluding hydrogens is 313 g/mol. The molecule has 0 aromatic rings. The fourth-order valence-corrected chi connectivity index (χ4v) is 3.67. The van der Waals surface area contributed by atoms with Crippen molar-refractivity contribution in [3.05, 3.63) is 23.8 Å². The van der Waals surface area contributed by atoms with Crippen LogP contribution in [0.2, 0.25) is 0 Å². The first-order chi connectivity index (χ1) is 11.0. The van der Waals surface area contributed by atoms with Crippen molar-refractivity contribution in [1.29, 1.82) is 0 Å². The Hall–Kier alpha value is -0.870. The SMILES string of the molecule is CC(CCN=C(N)Cl)C1=CCCNC1C1C=CC(F)C(C)CC1. The first-order valence-electron chi connectivity index (χ1n) is 8.70. The highest BCUT2D eigenvalue weighted by molar-refractivity contribution is 6.64. The largest absolute Gasteiger partial charge is 0.374 e. The standard InChI is InChI=1S/C18H29ClFN3/c1-12(9-11-23-18(19)21)15-4-3-10-22-17(15)14-6-5-13(2)16(20)8-7-14/h4,7-8,12-14,16-17,22H,3,5-6,9-11H2,1-2H3,(H2,21,23). The van der Waals surface area contributed by atoms with Gasteiger partial charge >= 0.3 is 0 Å². The minimum Gasteiger partial charge on any atom is -0.374 e. The van der Waals surface area contributed by atoms with E-state index in [1.807, 2.05) is 6.92 Å². The number of allylic oxidation sites excluding steroid dienone is 1. The first-order valence-corrected chi connectivity index (χ1v) is 9.08. The zero-order valence-electron chi connectivity index (χ0n) is 14.1. The Balaban J connectivity index is 2.04. The minimum atomic E-state index is -0.811. The lowest BCUT2D eigenvalue weighted by atomic mass is 9.80. The maximum Gasteiger partial charge on any atom is 0.188 e. The Morgan fingerprint density at radius 2 is 2.26 bits per heavy atom. The Morgan fingerprint density at radius 3 is 3.00 bits per heavy atom. The van der Waals surface area contributed by atoms with Crippen LogP contribution in [-0.2, 0) is 0 Å². The van der Waals surface area contributed by atoms with Crippen molar-refractivity contribution < 1.29 is 4.39 Å². The van der Waals surface area contributed by atoms with Gasteiger partial charge in [-0.25, -0.2) is 4.39 Å². The average Bonchev–Trinajstić information content (AvgIpc) is 2.69. The van der Waals surface area contributed by atoms with Gasteiger partial charge < -0.3 is 11.1 Å². The van der Waals surface area contributed by atoms with E-state index in [-0.39, 0.29) is 11.2 Å². The van der Waals surface area contributed by atoms with Gasteiger partial charge in [-0.3, -0.25) is 4.99 Å². The molecule has 5 atom stereocenters. The summed E-state index contributed by atoms with van der Waals surface area (Å²) in [6, 6.07) is 0.310. The molecule has 130 valence electrons. The minimum absolute atomic E-state index is 0.116. The summed E-state index contributed by atoms with van der Waals surface area (Å²) >= 11 is 5.60. The fourth-order valence-electron chi connectivity index (χ4n) is 3.59. The molecule has 5 heteroatoms. The van der Waals surface area contributed by atoms with E-state index in [9.17, 15) is 4.39 Å². The summed E-state index contributed by atoms with van der Waals surface area (Å²) in [4.78, 5) is 4.08. The van der Waals surface area contributed by atoms with E-state index >= 15 is 0 Å². The molecule has 2 aliphatic rings. The second-order valence-electron chi connectivity index (χ2n) is 6.87. The van der Waals surface area contributed by atoms with Crippen LogP contribution in [0.15, 0.2) is 28.8 Å². The van der Waals surface area contributed by atoms with Gasteiger partial charge in [0.05, 0.1) is 0 Å². The topological polar surface area (TPSA) is 50.4 Å². The van der Waals surface area contributed by atoms with Gasteiger partial charge in [0.25, 0.3) is 0 Å². The zero-order valence-corrected chi connectivity index (χ0v) is 14.9. The number of hydrogen-bond donors (Lipinski definition) is 2. The van der Waals surface area contributed by atoms with Crippen molar-refractivity contribution >= 4 is 16.9 Å². The van der Waals surface area contributed by atoms with E-state index in [2.05, 4.69) is 29.4 Å². The quantitative estimate of drug-likeness (QED) is 0.346. The van der Waals surface area contributed by atoms with Gasteiger partial charge in [0.1, 0.15) is 6.17 Å². The first kappa shape index (κ1) is 18.5. The van der Waals surface area contributed by atoms with E-state index in [1.54, 1.807) is 6.08 Å². The molecule has 2 rings (SSSR count). The van der Waals surface area contributed by atoms with Gasteiger partial charge in [-0.1, -0.05) is 37.6 Å². The normalized spacial score (nSPS) is 33.9. The van der Waals surface area contributed by atoms with E-state index in [0.29, 0.717) is 24.4 Å². The van der Waals surface area contributed by atoms with Gasteiger partial charge in [0, 0.05) is 12.6 Å². The van der Waals surface area contributed by atoms with Crippen LogP contribution in [0.1, 0.15) is 39.5 Å². The lowest BCUT2D eigenvalue weighted by molar-refractivity contribution is 0.277. The molecule has 23 heavy (non-hydrogen) atoms. The Bertz CT molecular complexity index is 471. The van der Waals surface area contributed by atoms with E-state index in [1.165, 1.54) is 5.57 Å². The van der Waals surface area contributed by atoms with Gasteiger partial charge in [0.2, 0.25) is 0 Å². The lowest BCUT2D eigenvalue weighted by Crippen LogP contribution is -2.42. The molecule has 0 fully saturated rings. The number of nitrogens with zero attached hydrogens (tertiary/aromatic N) is 1. The molecule has 0 saturated heterocycles. The lowest BCUT2D eigenvalue weighted by Gasteiger charge is -2.34. The maximum atomic E-state index is 13.9. The third kappa shape index (κ3) is 5.32. The summed E-state index contributed by atoms with van der Waals surface area (Å²) in [6.45, 7) is 5.86. The molecule has 3 nitrogen and oxygen atoms in total. The van der Waals surface area contributed by atoms with Gasteiger partial charge in [-0.05, 0) is 61.6 Å². The molecule has 0 amide bonds. The number of amidine groups is 1. The number of alkyl halides is 1. The molecule has 1 aliphatic carbocycles. The van der Waals surface area contributed by atoms with Crippen molar-refractivity contribution in [1.82, 2.24) is 5.32 Å². The fraction of sp³-hybridized carbons (Fsp3) is 0.722. The molecule has 5 unspecified atom stereocenters. The number of aliphatic imine (C=N–C) groups is 1. The number of nitrogens with two attached hydrogens (primary N) is 1. The molecule has 1 heterocycles. The van der Waals surface area contributed by atoms with E-state index < -0.39 is 6.17 Å². The van der Waals surface area contributed by atoms with Gasteiger partial charge in [-0.15, -0.1) is 0 Å². The summed E-state index contributed by atoms with van der Waals surface area (Å²) in [5.41, 5.74) is 6.82. The zero-order chi connectivity index (χ0) is 16.8. The van der Waals surface area contributed by atoms with Gasteiger partial charge in [0.15, 0.2) is 5.29 Å². The number of hydrogen-bond acceptors (Lipinski definition) is 2. The Morgan fingerprint density at radius 1 is 1.48 bits per heavy atom. The third-order valence-electron chi connectivity index (χ3n) is 5.11. The van der Waals surface area contributed by atoms with Crippen molar-refractivity contribution in [2.75, 3.05) is 13.1 Å². The summed E-state index contributed by atoms with van der Waals surface area (Å²) in [5.74, 6) is 0.905. The van der Waals surface area contributed by atoms with Crippen LogP contribution in [0.5, 0.6) is 0 Å². The Kier molecular flexibility index (Phi) is 7.09. The van der Waals surface area contributed by atoms with Gasteiger partial charge in [-0.2, -0.15) is 0 Å². The van der Waals surface area contributed by atoms with Crippen molar-refractivity contribution in [3.63, 3.8) is 0 Å². The second kappa shape index (κ2) is 8.84. The summed E-state index contributed by atoms with van der Waals surface area (Å²) < 4.78 is 13.9. The smallest absolute Gasteiger partial charge is 0.188 e. The number of rotatable bonds is 5. The van der Waals surface area contributed by atoms with Crippen molar-refractivity contribution in [2.45, 2.75) is 51.7 Å². The van der Waals surface area contributed by atoms with Crippen LogP contribution >= 0.6 is 11.6 Å². The maximum absolute atomic E-state index is 13.9. The predicted octanol–water partition coefficient (Wildman–Crippen LogP) is 3.79. The van der Waals surface area contributed by atoms with E-state index in [0.717, 1.165) is 32.2 Å². The molecule has 0 radical (unpaired) electrons. The van der Waals surface area contributed by atoms with Crippen molar-refractivity contribution in [3.8, 4) is 0 Å². The molecule has 0 aromatic carbocycles. The number of halogens is 2. The highest BCUT2D eigenvalue weighted by Crippen LogP contribution is 2.33. The Labute approximate surface area is 144 Å². The monoisotopic (exact) mass is 341 g/mol. The van der Waals surface area contributed by atoms with E-state index in [4.69, 9.17) is 17.3 Å². The summed E-state index contributed by atoms with van der Waals surface area (Å²) in [6.07, 6.45) is 9.35. The van der Waals surface area contributed by atoms with Crippen LogP contribution in [0, 0.1) is 17.8 Å². The van der Waals surface area contributed by atoms with Crippen LogP contribution in [-0.4, -0.2) is 30.6 Å². The summed E-state index contributed by atoms with van der Waals surface area (Å²) in [5, 5.41) is 3.77. The highest BCUT2D eigenvalue weighted by atomic mass is 35.5. The third-order valence-corrected chi connectivity index (χ3v) is 5.23. The van der Waals surface area contributed by atoms with Crippen LogP contribution < -0.4 is 11.1 Å². The molecular formula is C18H29ClFN3. The predicted molar refractivity (Wildman–Crippen MR) is 96.5 cm³/mol. The summed E-state index contributed by atoms with van der Waals surface area (Å²) in [7, 11) is 0. The highest BCUT2D eigenvalue weighted by Gasteiger charge is 2.30. The molecule has 3 N–H and O–H groups in total. The number of nitrogens with one attached hydrogen (secondary N) is 1. The molecule has 0 bridgehead atoms. The van der Waals surface area contributed by atoms with Crippen LogP contribution in [0.3, 0.4) is 0 Å². The molecule has 0 aromatic heterocycles. The van der Waals surface area contributed by atoms with Crippen LogP contribution in [0.25, 0.3) is 0 Å². The molecule has 1 aliphatic heterocycles. The molecule has 0 saturated carbocycles. The molecule has 0 spiro atoms. The average molecular weight is 342 g/mol. The second-order valence-corrected chi connectivity index (χ2v) is 7.25. The van der Waals surface area contributed by atoms with Crippen LogP contribution in [0.4, 0.5) is 4.39 Å². The van der Waals surface area contributed by atoms with Crippen molar-refractivity contribution in [2.24, 2.45) is 28.5 Å².